The van der Waals surface area contributed by atoms with Crippen molar-refractivity contribution in [2.24, 2.45) is 0 Å². The van der Waals surface area contributed by atoms with E-state index < -0.39 is 6.10 Å². The van der Waals surface area contributed by atoms with Gasteiger partial charge in [-0.3, -0.25) is 0 Å². The molecule has 0 spiro atoms. The molecule has 88 valence electrons. The summed E-state index contributed by atoms with van der Waals surface area (Å²) in [6.07, 6.45) is 2.02. The standard InChI is InChI=1S/C12H16FNOS/c13-11-3-1-2-4-12(11)16-8-10(15)7-14-9-5-6-9/h1-4,9-10,14-15H,5-8H2. The molecule has 16 heavy (non-hydrogen) atoms. The number of halogens is 1. The predicted molar refractivity (Wildman–Crippen MR) is 64.2 cm³/mol. The number of hydrogen-bond acceptors (Lipinski definition) is 3. The molecule has 0 saturated heterocycles. The van der Waals surface area contributed by atoms with Crippen molar-refractivity contribution in [3.63, 3.8) is 0 Å². The second-order valence-corrected chi connectivity index (χ2v) is 5.14. The lowest BCUT2D eigenvalue weighted by molar-refractivity contribution is 0.195. The molecular formula is C12H16FNOS. The normalized spacial score (nSPS) is 17.4. The molecule has 1 atom stereocenters. The second kappa shape index (κ2) is 5.66. The van der Waals surface area contributed by atoms with Crippen molar-refractivity contribution in [1.82, 2.24) is 5.32 Å². The van der Waals surface area contributed by atoms with Crippen LogP contribution in [0.2, 0.25) is 0 Å². The Kier molecular flexibility index (Phi) is 4.21. The van der Waals surface area contributed by atoms with Gasteiger partial charge in [-0.15, -0.1) is 11.8 Å². The molecule has 1 saturated carbocycles. The van der Waals surface area contributed by atoms with Crippen LogP contribution in [-0.2, 0) is 0 Å². The summed E-state index contributed by atoms with van der Waals surface area (Å²) in [5.41, 5.74) is 0. The van der Waals surface area contributed by atoms with Crippen molar-refractivity contribution in [1.29, 1.82) is 0 Å². The zero-order chi connectivity index (χ0) is 11.4. The number of thioether (sulfide) groups is 1. The van der Waals surface area contributed by atoms with Gasteiger partial charge in [0, 0.05) is 23.2 Å². The van der Waals surface area contributed by atoms with Crippen LogP contribution in [0.25, 0.3) is 0 Å². The Morgan fingerprint density at radius 2 is 2.19 bits per heavy atom. The fourth-order valence-electron chi connectivity index (χ4n) is 1.40. The van der Waals surface area contributed by atoms with E-state index in [9.17, 15) is 9.50 Å². The van der Waals surface area contributed by atoms with Crippen molar-refractivity contribution in [2.75, 3.05) is 12.3 Å². The molecule has 1 fully saturated rings. The maximum Gasteiger partial charge on any atom is 0.136 e. The number of aliphatic hydroxyl groups is 1. The molecule has 0 aromatic heterocycles. The van der Waals surface area contributed by atoms with E-state index in [1.165, 1.54) is 30.7 Å². The van der Waals surface area contributed by atoms with E-state index in [-0.39, 0.29) is 5.82 Å². The van der Waals surface area contributed by atoms with E-state index in [1.807, 2.05) is 0 Å². The van der Waals surface area contributed by atoms with Crippen molar-refractivity contribution in [2.45, 2.75) is 29.9 Å². The first-order valence-electron chi connectivity index (χ1n) is 5.54. The molecule has 0 amide bonds. The van der Waals surface area contributed by atoms with Gasteiger partial charge in [-0.2, -0.15) is 0 Å². The monoisotopic (exact) mass is 241 g/mol. The highest BCUT2D eigenvalue weighted by Crippen LogP contribution is 2.22. The SMILES string of the molecule is OC(CNC1CC1)CSc1ccccc1F. The van der Waals surface area contributed by atoms with Crippen molar-refractivity contribution in [3.8, 4) is 0 Å². The molecule has 4 heteroatoms. The lowest BCUT2D eigenvalue weighted by Gasteiger charge is -2.11. The molecule has 1 aromatic carbocycles. The summed E-state index contributed by atoms with van der Waals surface area (Å²) in [5, 5.41) is 12.9. The van der Waals surface area contributed by atoms with Gasteiger partial charge < -0.3 is 10.4 Å². The Balaban J connectivity index is 1.71. The van der Waals surface area contributed by atoms with Gasteiger partial charge in [0.05, 0.1) is 6.10 Å². The third kappa shape index (κ3) is 3.77. The molecule has 1 unspecified atom stereocenters. The van der Waals surface area contributed by atoms with Gasteiger partial charge in [-0.1, -0.05) is 12.1 Å². The minimum Gasteiger partial charge on any atom is -0.391 e. The first-order valence-corrected chi connectivity index (χ1v) is 6.53. The summed E-state index contributed by atoms with van der Waals surface area (Å²) in [6, 6.07) is 7.26. The van der Waals surface area contributed by atoms with Crippen LogP contribution in [0.5, 0.6) is 0 Å². The van der Waals surface area contributed by atoms with E-state index in [2.05, 4.69) is 5.32 Å². The number of rotatable bonds is 6. The van der Waals surface area contributed by atoms with Crippen LogP contribution in [0.1, 0.15) is 12.8 Å². The van der Waals surface area contributed by atoms with E-state index in [4.69, 9.17) is 0 Å². The van der Waals surface area contributed by atoms with Crippen molar-refractivity contribution < 1.29 is 9.50 Å². The van der Waals surface area contributed by atoms with Crippen LogP contribution in [0.15, 0.2) is 29.2 Å². The minimum absolute atomic E-state index is 0.213. The summed E-state index contributed by atoms with van der Waals surface area (Å²) < 4.78 is 13.2. The summed E-state index contributed by atoms with van der Waals surface area (Å²) in [6.45, 7) is 0.603. The van der Waals surface area contributed by atoms with Crippen LogP contribution in [-0.4, -0.2) is 29.5 Å². The molecule has 0 aliphatic heterocycles. The van der Waals surface area contributed by atoms with Crippen LogP contribution in [0, 0.1) is 5.82 Å². The fourth-order valence-corrected chi connectivity index (χ4v) is 2.27. The summed E-state index contributed by atoms with van der Waals surface area (Å²) in [7, 11) is 0. The molecule has 1 aliphatic rings. The molecule has 2 nitrogen and oxygen atoms in total. The Morgan fingerprint density at radius 3 is 2.88 bits per heavy atom. The van der Waals surface area contributed by atoms with E-state index in [0.29, 0.717) is 23.2 Å². The van der Waals surface area contributed by atoms with Crippen LogP contribution in [0.3, 0.4) is 0 Å². The molecule has 1 aliphatic carbocycles. The van der Waals surface area contributed by atoms with E-state index in [1.54, 1.807) is 18.2 Å². The quantitative estimate of drug-likeness (QED) is 0.747. The minimum atomic E-state index is -0.412. The number of benzene rings is 1. The molecule has 1 aromatic rings. The lowest BCUT2D eigenvalue weighted by atomic mass is 10.3. The molecular weight excluding hydrogens is 225 g/mol. The largest absolute Gasteiger partial charge is 0.391 e. The predicted octanol–water partition coefficient (Wildman–Crippen LogP) is 2.03. The van der Waals surface area contributed by atoms with E-state index in [0.717, 1.165) is 0 Å². The Labute approximate surface area is 99.2 Å². The molecule has 0 bridgehead atoms. The summed E-state index contributed by atoms with van der Waals surface area (Å²) >= 11 is 1.36. The topological polar surface area (TPSA) is 32.3 Å². The second-order valence-electron chi connectivity index (χ2n) is 4.08. The molecule has 2 N–H and O–H groups in total. The molecule has 2 rings (SSSR count). The Hall–Kier alpha value is -0.580. The highest BCUT2D eigenvalue weighted by molar-refractivity contribution is 7.99. The summed E-state index contributed by atoms with van der Waals surface area (Å²) in [5.74, 6) is 0.315. The highest BCUT2D eigenvalue weighted by Gasteiger charge is 2.21. The van der Waals surface area contributed by atoms with E-state index >= 15 is 0 Å². The Bertz CT molecular complexity index is 344. The first-order chi connectivity index (χ1) is 7.75. The highest BCUT2D eigenvalue weighted by atomic mass is 32.2. The summed E-state index contributed by atoms with van der Waals surface area (Å²) in [4.78, 5) is 0.605. The average molecular weight is 241 g/mol. The van der Waals surface area contributed by atoms with Crippen molar-refractivity contribution in [3.05, 3.63) is 30.1 Å². The van der Waals surface area contributed by atoms with Gasteiger partial charge in [0.25, 0.3) is 0 Å². The van der Waals surface area contributed by atoms with Crippen molar-refractivity contribution >= 4 is 11.8 Å². The van der Waals surface area contributed by atoms with Crippen LogP contribution in [0.4, 0.5) is 4.39 Å². The number of aliphatic hydroxyl groups excluding tert-OH is 1. The lowest BCUT2D eigenvalue weighted by Crippen LogP contribution is -2.29. The van der Waals surface area contributed by atoms with Gasteiger partial charge in [0.2, 0.25) is 0 Å². The van der Waals surface area contributed by atoms with Gasteiger partial charge >= 0.3 is 0 Å². The maximum atomic E-state index is 13.2. The van der Waals surface area contributed by atoms with Gasteiger partial charge in [0.1, 0.15) is 5.82 Å². The zero-order valence-corrected chi connectivity index (χ0v) is 9.84. The first kappa shape index (κ1) is 11.9. The number of nitrogens with one attached hydrogen (secondary N) is 1. The van der Waals surface area contributed by atoms with Gasteiger partial charge in [-0.05, 0) is 25.0 Å². The molecule has 0 radical (unpaired) electrons. The average Bonchev–Trinajstić information content (AvgIpc) is 3.09. The fraction of sp³-hybridized carbons (Fsp3) is 0.500. The third-order valence-electron chi connectivity index (χ3n) is 2.49. The third-order valence-corrected chi connectivity index (χ3v) is 3.68. The van der Waals surface area contributed by atoms with Gasteiger partial charge in [0.15, 0.2) is 0 Å². The van der Waals surface area contributed by atoms with Gasteiger partial charge in [-0.25, -0.2) is 4.39 Å². The molecule has 0 heterocycles. The number of hydrogen-bond donors (Lipinski definition) is 2. The maximum absolute atomic E-state index is 13.2. The van der Waals surface area contributed by atoms with Crippen LogP contribution < -0.4 is 5.32 Å². The Morgan fingerprint density at radius 1 is 1.44 bits per heavy atom. The smallest absolute Gasteiger partial charge is 0.136 e. The van der Waals surface area contributed by atoms with Crippen LogP contribution >= 0.6 is 11.8 Å². The zero-order valence-electron chi connectivity index (χ0n) is 9.03.